The minimum absolute atomic E-state index is 0.194. The zero-order valence-electron chi connectivity index (χ0n) is 11.8. The summed E-state index contributed by atoms with van der Waals surface area (Å²) in [5.74, 6) is 1.67. The van der Waals surface area contributed by atoms with Gasteiger partial charge in [-0.3, -0.25) is 0 Å². The molecule has 0 spiro atoms. The van der Waals surface area contributed by atoms with Crippen LogP contribution in [0, 0.1) is 5.92 Å². The molecule has 0 amide bonds. The maximum absolute atomic E-state index is 6.12. The fraction of sp³-hybridized carbons (Fsp3) is 0.625. The normalized spacial score (nSPS) is 27.2. The third-order valence-corrected chi connectivity index (χ3v) is 3.96. The van der Waals surface area contributed by atoms with E-state index >= 15 is 0 Å². The second-order valence-corrected chi connectivity index (χ2v) is 5.32. The van der Waals surface area contributed by atoms with Gasteiger partial charge in [0.05, 0.1) is 12.7 Å². The number of benzene rings is 1. The van der Waals surface area contributed by atoms with Crippen molar-refractivity contribution in [2.24, 2.45) is 11.7 Å². The molecule has 0 aliphatic heterocycles. The highest BCUT2D eigenvalue weighted by molar-refractivity contribution is 5.20. The van der Waals surface area contributed by atoms with E-state index in [1.165, 1.54) is 12.8 Å². The molecule has 2 rings (SSSR count). The van der Waals surface area contributed by atoms with E-state index < -0.39 is 0 Å². The van der Waals surface area contributed by atoms with E-state index in [9.17, 15) is 0 Å². The summed E-state index contributed by atoms with van der Waals surface area (Å²) in [6, 6.07) is 10.0. The van der Waals surface area contributed by atoms with Crippen LogP contribution in [0.25, 0.3) is 0 Å². The first-order valence-electron chi connectivity index (χ1n) is 7.34. The number of hydrogen-bond donors (Lipinski definition) is 1. The van der Waals surface area contributed by atoms with Gasteiger partial charge in [-0.05, 0) is 37.3 Å². The molecule has 0 aromatic heterocycles. The predicted octanol–water partition coefficient (Wildman–Crippen LogP) is 2.99. The fourth-order valence-electron chi connectivity index (χ4n) is 2.67. The Kier molecular flexibility index (Phi) is 5.67. The van der Waals surface area contributed by atoms with Crippen molar-refractivity contribution >= 4 is 0 Å². The Hall–Kier alpha value is -1.06. The zero-order valence-corrected chi connectivity index (χ0v) is 11.8. The summed E-state index contributed by atoms with van der Waals surface area (Å²) in [6.45, 7) is 3.45. The summed E-state index contributed by atoms with van der Waals surface area (Å²) in [5, 5.41) is 0. The van der Waals surface area contributed by atoms with Gasteiger partial charge in [-0.1, -0.05) is 31.5 Å². The second-order valence-electron chi connectivity index (χ2n) is 5.32. The molecule has 3 atom stereocenters. The Morgan fingerprint density at radius 2 is 1.95 bits per heavy atom. The summed E-state index contributed by atoms with van der Waals surface area (Å²) in [7, 11) is 0. The molecule has 1 fully saturated rings. The van der Waals surface area contributed by atoms with Crippen molar-refractivity contribution in [3.63, 3.8) is 0 Å². The van der Waals surface area contributed by atoms with E-state index in [0.29, 0.717) is 13.2 Å². The third kappa shape index (κ3) is 4.51. The molecule has 1 aliphatic carbocycles. The highest BCUT2D eigenvalue weighted by atomic mass is 16.5. The SMILES string of the molecule is CCC1CCC(N)C(OCCOc2ccccc2)C1. The monoisotopic (exact) mass is 263 g/mol. The first-order chi connectivity index (χ1) is 9.29. The molecule has 0 radical (unpaired) electrons. The molecule has 1 aromatic rings. The van der Waals surface area contributed by atoms with Gasteiger partial charge in [-0.15, -0.1) is 0 Å². The Bertz CT molecular complexity index is 355. The smallest absolute Gasteiger partial charge is 0.119 e. The van der Waals surface area contributed by atoms with Gasteiger partial charge in [-0.25, -0.2) is 0 Å². The maximum atomic E-state index is 6.12. The molecule has 106 valence electrons. The van der Waals surface area contributed by atoms with Crippen LogP contribution in [-0.2, 0) is 4.74 Å². The van der Waals surface area contributed by atoms with Gasteiger partial charge < -0.3 is 15.2 Å². The van der Waals surface area contributed by atoms with E-state index in [-0.39, 0.29) is 12.1 Å². The first-order valence-corrected chi connectivity index (χ1v) is 7.34. The van der Waals surface area contributed by atoms with Crippen molar-refractivity contribution < 1.29 is 9.47 Å². The van der Waals surface area contributed by atoms with E-state index in [2.05, 4.69) is 6.92 Å². The highest BCUT2D eigenvalue weighted by Gasteiger charge is 2.27. The second kappa shape index (κ2) is 7.51. The Morgan fingerprint density at radius 1 is 1.16 bits per heavy atom. The van der Waals surface area contributed by atoms with Crippen LogP contribution in [0.1, 0.15) is 32.6 Å². The summed E-state index contributed by atoms with van der Waals surface area (Å²) < 4.78 is 11.5. The molecule has 19 heavy (non-hydrogen) atoms. The van der Waals surface area contributed by atoms with E-state index in [1.807, 2.05) is 30.3 Å². The lowest BCUT2D eigenvalue weighted by Crippen LogP contribution is -2.42. The van der Waals surface area contributed by atoms with Crippen LogP contribution in [0.15, 0.2) is 30.3 Å². The quantitative estimate of drug-likeness (QED) is 0.802. The van der Waals surface area contributed by atoms with Crippen molar-refractivity contribution in [2.45, 2.75) is 44.8 Å². The van der Waals surface area contributed by atoms with Gasteiger partial charge in [0.1, 0.15) is 12.4 Å². The fourth-order valence-corrected chi connectivity index (χ4v) is 2.67. The van der Waals surface area contributed by atoms with Gasteiger partial charge in [-0.2, -0.15) is 0 Å². The molecule has 3 heteroatoms. The van der Waals surface area contributed by atoms with Crippen LogP contribution < -0.4 is 10.5 Å². The van der Waals surface area contributed by atoms with Gasteiger partial charge in [0.25, 0.3) is 0 Å². The topological polar surface area (TPSA) is 44.5 Å². The van der Waals surface area contributed by atoms with Crippen LogP contribution in [0.3, 0.4) is 0 Å². The lowest BCUT2D eigenvalue weighted by atomic mass is 9.83. The van der Waals surface area contributed by atoms with Crippen molar-refractivity contribution in [3.05, 3.63) is 30.3 Å². The maximum Gasteiger partial charge on any atom is 0.119 e. The third-order valence-electron chi connectivity index (χ3n) is 3.96. The number of ether oxygens (including phenoxy) is 2. The predicted molar refractivity (Wildman–Crippen MR) is 77.3 cm³/mol. The average molecular weight is 263 g/mol. The van der Waals surface area contributed by atoms with E-state index in [1.54, 1.807) is 0 Å². The molecular weight excluding hydrogens is 238 g/mol. The zero-order chi connectivity index (χ0) is 13.5. The molecule has 2 N–H and O–H groups in total. The first kappa shape index (κ1) is 14.4. The minimum atomic E-state index is 0.194. The number of hydrogen-bond acceptors (Lipinski definition) is 3. The van der Waals surface area contributed by atoms with Crippen LogP contribution in [0.2, 0.25) is 0 Å². The highest BCUT2D eigenvalue weighted by Crippen LogP contribution is 2.27. The van der Waals surface area contributed by atoms with Gasteiger partial charge in [0.15, 0.2) is 0 Å². The van der Waals surface area contributed by atoms with Crippen molar-refractivity contribution in [3.8, 4) is 5.75 Å². The standard InChI is InChI=1S/C16H25NO2/c1-2-13-8-9-15(17)16(12-13)19-11-10-18-14-6-4-3-5-7-14/h3-7,13,15-16H,2,8-12,17H2,1H3. The molecule has 1 aromatic carbocycles. The average Bonchev–Trinajstić information content (AvgIpc) is 2.46. The van der Waals surface area contributed by atoms with Crippen LogP contribution in [0.5, 0.6) is 5.75 Å². The lowest BCUT2D eigenvalue weighted by Gasteiger charge is -2.33. The summed E-state index contributed by atoms with van der Waals surface area (Å²) in [6.07, 6.45) is 4.87. The minimum Gasteiger partial charge on any atom is -0.491 e. The molecule has 3 unspecified atom stereocenters. The molecule has 1 saturated carbocycles. The summed E-state index contributed by atoms with van der Waals surface area (Å²) >= 11 is 0. The lowest BCUT2D eigenvalue weighted by molar-refractivity contribution is -0.0124. The van der Waals surface area contributed by atoms with Crippen molar-refractivity contribution in [1.82, 2.24) is 0 Å². The number of rotatable bonds is 6. The van der Waals surface area contributed by atoms with Crippen LogP contribution in [0.4, 0.5) is 0 Å². The van der Waals surface area contributed by atoms with E-state index in [4.69, 9.17) is 15.2 Å². The van der Waals surface area contributed by atoms with Crippen LogP contribution in [-0.4, -0.2) is 25.4 Å². The number of para-hydroxylation sites is 1. The van der Waals surface area contributed by atoms with Gasteiger partial charge in [0.2, 0.25) is 0 Å². The van der Waals surface area contributed by atoms with Crippen molar-refractivity contribution in [1.29, 1.82) is 0 Å². The van der Waals surface area contributed by atoms with Crippen molar-refractivity contribution in [2.75, 3.05) is 13.2 Å². The Morgan fingerprint density at radius 3 is 2.68 bits per heavy atom. The molecule has 0 heterocycles. The summed E-state index contributed by atoms with van der Waals surface area (Å²) in [5.41, 5.74) is 6.12. The summed E-state index contributed by atoms with van der Waals surface area (Å²) in [4.78, 5) is 0. The Balaban J connectivity index is 1.67. The van der Waals surface area contributed by atoms with E-state index in [0.717, 1.165) is 24.5 Å². The molecule has 3 nitrogen and oxygen atoms in total. The van der Waals surface area contributed by atoms with Gasteiger partial charge in [0, 0.05) is 6.04 Å². The molecular formula is C16H25NO2. The number of nitrogens with two attached hydrogens (primary N) is 1. The van der Waals surface area contributed by atoms with Crippen LogP contribution >= 0.6 is 0 Å². The molecule has 0 bridgehead atoms. The largest absolute Gasteiger partial charge is 0.491 e. The Labute approximate surface area is 116 Å². The molecule has 0 saturated heterocycles. The van der Waals surface area contributed by atoms with Gasteiger partial charge >= 0.3 is 0 Å². The molecule has 1 aliphatic rings.